The molecule has 1 fully saturated rings. The first-order chi connectivity index (χ1) is 19.0. The molecule has 1 saturated heterocycles. The van der Waals surface area contributed by atoms with Gasteiger partial charge in [0.2, 0.25) is 0 Å². The van der Waals surface area contributed by atoms with Crippen LogP contribution >= 0.6 is 0 Å². The van der Waals surface area contributed by atoms with Crippen molar-refractivity contribution in [2.45, 2.75) is 50.3 Å². The van der Waals surface area contributed by atoms with Crippen molar-refractivity contribution in [1.82, 2.24) is 14.9 Å². The Hall–Kier alpha value is -3.24. The molecule has 9 nitrogen and oxygen atoms in total. The number of halogens is 5. The number of nitrogens with zero attached hydrogens (tertiary/aromatic N) is 2. The van der Waals surface area contributed by atoms with Gasteiger partial charge in [-0.2, -0.15) is 13.2 Å². The van der Waals surface area contributed by atoms with Crippen LogP contribution in [0.1, 0.15) is 12.0 Å². The van der Waals surface area contributed by atoms with Crippen LogP contribution in [0.5, 0.6) is 11.5 Å². The highest BCUT2D eigenvalue weighted by Gasteiger charge is 2.37. The highest BCUT2D eigenvalue weighted by atomic mass is 32.2. The Morgan fingerprint density at radius 3 is 2.44 bits per heavy atom. The standard InChI is InChI=1S/C25H29F5N4O5SSi/c1-41(2,3)9-7-38-14-34-13-17(25(28,29)30)21-20(4-6-31-23(21)34)39-22-18(26)10-15(11-19(22)27)33-24(35)32-12-16-5-8-40(16,36)37/h4,6,10-11,13,16H,5,7-9,12,14H2,1-3H3,(H2,32,33,35). The summed E-state index contributed by atoms with van der Waals surface area (Å²) in [6.07, 6.45) is -2.48. The van der Waals surface area contributed by atoms with E-state index in [9.17, 15) is 35.2 Å². The monoisotopic (exact) mass is 620 g/mol. The fourth-order valence-corrected chi connectivity index (χ4v) is 6.10. The van der Waals surface area contributed by atoms with Gasteiger partial charge in [0.25, 0.3) is 0 Å². The zero-order valence-electron chi connectivity index (χ0n) is 22.4. The van der Waals surface area contributed by atoms with Crippen molar-refractivity contribution in [1.29, 1.82) is 0 Å². The number of alkyl halides is 3. The van der Waals surface area contributed by atoms with Crippen molar-refractivity contribution in [3.63, 3.8) is 0 Å². The number of amides is 2. The van der Waals surface area contributed by atoms with Crippen molar-refractivity contribution in [3.05, 3.63) is 47.8 Å². The van der Waals surface area contributed by atoms with E-state index >= 15 is 0 Å². The fourth-order valence-electron chi connectivity index (χ4n) is 4.05. The first-order valence-electron chi connectivity index (χ1n) is 12.6. The summed E-state index contributed by atoms with van der Waals surface area (Å²) in [5.74, 6) is -4.04. The molecule has 1 aliphatic heterocycles. The maximum atomic E-state index is 14.9. The van der Waals surface area contributed by atoms with Gasteiger partial charge in [-0.25, -0.2) is 27.0 Å². The summed E-state index contributed by atoms with van der Waals surface area (Å²) < 4.78 is 107. The maximum absolute atomic E-state index is 14.9. The van der Waals surface area contributed by atoms with Gasteiger partial charge in [0.15, 0.2) is 27.2 Å². The topological polar surface area (TPSA) is 112 Å². The molecule has 0 bridgehead atoms. The molecule has 2 N–H and O–H groups in total. The number of ether oxygens (including phenoxy) is 2. The number of sulfone groups is 1. The molecule has 1 unspecified atom stereocenters. The average molecular weight is 621 g/mol. The summed E-state index contributed by atoms with van der Waals surface area (Å²) in [6.45, 7) is 6.37. The summed E-state index contributed by atoms with van der Waals surface area (Å²) >= 11 is 0. The molecular weight excluding hydrogens is 591 g/mol. The number of aromatic nitrogens is 2. The predicted octanol–water partition coefficient (Wildman–Crippen LogP) is 5.75. The van der Waals surface area contributed by atoms with Gasteiger partial charge in [-0.15, -0.1) is 0 Å². The summed E-state index contributed by atoms with van der Waals surface area (Å²) in [4.78, 5) is 16.1. The maximum Gasteiger partial charge on any atom is 0.418 e. The van der Waals surface area contributed by atoms with Crippen LogP contribution in [0.2, 0.25) is 25.7 Å². The molecule has 4 rings (SSSR count). The normalized spacial score (nSPS) is 16.8. The minimum atomic E-state index is -4.83. The number of fused-ring (bicyclic) bond motifs is 1. The first kappa shape index (κ1) is 30.7. The molecule has 0 radical (unpaired) electrons. The summed E-state index contributed by atoms with van der Waals surface area (Å²) in [6, 6.07) is 2.41. The van der Waals surface area contributed by atoms with E-state index in [1.807, 2.05) is 0 Å². The first-order valence-corrected chi connectivity index (χ1v) is 18.0. The number of nitrogens with one attached hydrogen (secondary N) is 2. The Bertz CT molecular complexity index is 1530. The number of benzene rings is 1. The molecule has 2 aromatic heterocycles. The Morgan fingerprint density at radius 2 is 1.88 bits per heavy atom. The van der Waals surface area contributed by atoms with Crippen LogP contribution in [0.15, 0.2) is 30.6 Å². The molecule has 0 aliphatic carbocycles. The lowest BCUT2D eigenvalue weighted by Gasteiger charge is -2.25. The van der Waals surface area contributed by atoms with Crippen LogP contribution in [-0.4, -0.2) is 56.2 Å². The number of carbonyl (C=O) groups excluding carboxylic acids is 1. The molecule has 41 heavy (non-hydrogen) atoms. The van der Waals surface area contributed by atoms with E-state index in [0.29, 0.717) is 13.0 Å². The minimum absolute atomic E-state index is 0.0321. The van der Waals surface area contributed by atoms with E-state index < -0.39 is 69.5 Å². The van der Waals surface area contributed by atoms with Gasteiger partial charge < -0.3 is 24.7 Å². The Balaban J connectivity index is 1.54. The quantitative estimate of drug-likeness (QED) is 0.170. The number of carbonyl (C=O) groups is 1. The van der Waals surface area contributed by atoms with Crippen LogP contribution in [0.3, 0.4) is 0 Å². The fraction of sp³-hybridized carbons (Fsp3) is 0.440. The molecule has 1 aromatic carbocycles. The lowest BCUT2D eigenvalue weighted by Crippen LogP contribution is -2.46. The molecule has 1 atom stereocenters. The number of anilines is 1. The van der Waals surface area contributed by atoms with E-state index in [1.165, 1.54) is 0 Å². The van der Waals surface area contributed by atoms with Crippen LogP contribution < -0.4 is 15.4 Å². The second kappa shape index (κ2) is 11.6. The number of hydrogen-bond donors (Lipinski definition) is 2. The molecular formula is C25H29F5N4O5SSi. The van der Waals surface area contributed by atoms with E-state index in [0.717, 1.165) is 41.2 Å². The molecule has 224 valence electrons. The van der Waals surface area contributed by atoms with Crippen molar-refractivity contribution >= 4 is 40.7 Å². The van der Waals surface area contributed by atoms with Crippen molar-refractivity contribution in [2.75, 3.05) is 24.2 Å². The van der Waals surface area contributed by atoms with E-state index in [1.54, 1.807) is 0 Å². The summed E-state index contributed by atoms with van der Waals surface area (Å²) in [5, 5.41) is 3.29. The lowest BCUT2D eigenvalue weighted by atomic mass is 10.2. The highest BCUT2D eigenvalue weighted by Crippen LogP contribution is 2.42. The van der Waals surface area contributed by atoms with Crippen molar-refractivity contribution in [2.24, 2.45) is 0 Å². The Morgan fingerprint density at radius 1 is 1.20 bits per heavy atom. The SMILES string of the molecule is C[Si](C)(C)CCOCn1cc(C(F)(F)F)c2c(Oc3c(F)cc(NC(=O)NCC4CCS4(=O)=O)cc3F)ccnc21. The van der Waals surface area contributed by atoms with Gasteiger partial charge >= 0.3 is 12.2 Å². The van der Waals surface area contributed by atoms with Gasteiger partial charge in [-0.05, 0) is 18.5 Å². The molecule has 1 aliphatic rings. The molecule has 0 saturated carbocycles. The summed E-state index contributed by atoms with van der Waals surface area (Å²) in [5.41, 5.74) is -1.58. The lowest BCUT2D eigenvalue weighted by molar-refractivity contribution is -0.136. The summed E-state index contributed by atoms with van der Waals surface area (Å²) in [7, 11) is -4.67. The molecule has 16 heteroatoms. The molecule has 3 aromatic rings. The van der Waals surface area contributed by atoms with Crippen LogP contribution in [-0.2, 0) is 27.5 Å². The van der Waals surface area contributed by atoms with E-state index in [2.05, 4.69) is 35.3 Å². The Kier molecular flexibility index (Phi) is 8.66. The third-order valence-electron chi connectivity index (χ3n) is 6.44. The van der Waals surface area contributed by atoms with Crippen molar-refractivity contribution in [3.8, 4) is 11.5 Å². The number of pyridine rings is 1. The van der Waals surface area contributed by atoms with Gasteiger partial charge in [0, 0.05) is 51.4 Å². The molecule has 0 spiro atoms. The minimum Gasteiger partial charge on any atom is -0.450 e. The van der Waals surface area contributed by atoms with Crippen LogP contribution in [0, 0.1) is 11.6 Å². The largest absolute Gasteiger partial charge is 0.450 e. The van der Waals surface area contributed by atoms with Gasteiger partial charge in [-0.1, -0.05) is 19.6 Å². The van der Waals surface area contributed by atoms with Crippen LogP contribution in [0.25, 0.3) is 11.0 Å². The zero-order valence-corrected chi connectivity index (χ0v) is 24.3. The smallest absolute Gasteiger partial charge is 0.418 e. The van der Waals surface area contributed by atoms with Gasteiger partial charge in [0.05, 0.1) is 22.0 Å². The number of urea groups is 1. The van der Waals surface area contributed by atoms with E-state index in [-0.39, 0.29) is 30.4 Å². The third-order valence-corrected chi connectivity index (χ3v) is 10.4. The zero-order chi connectivity index (χ0) is 30.2. The number of rotatable bonds is 10. The average Bonchev–Trinajstić information content (AvgIpc) is 3.23. The molecule has 2 amide bonds. The van der Waals surface area contributed by atoms with E-state index in [4.69, 9.17) is 9.47 Å². The second-order valence-electron chi connectivity index (χ2n) is 10.8. The van der Waals surface area contributed by atoms with Crippen molar-refractivity contribution < 1.29 is 44.6 Å². The second-order valence-corrected chi connectivity index (χ2v) is 18.9. The van der Waals surface area contributed by atoms with Gasteiger partial charge in [-0.3, -0.25) is 0 Å². The predicted molar refractivity (Wildman–Crippen MR) is 144 cm³/mol. The Labute approximate surface area is 234 Å². The third kappa shape index (κ3) is 7.34. The van der Waals surface area contributed by atoms with Gasteiger partial charge in [0.1, 0.15) is 18.1 Å². The number of hydrogen-bond acceptors (Lipinski definition) is 6. The molecule has 3 heterocycles. The highest BCUT2D eigenvalue weighted by molar-refractivity contribution is 7.93. The van der Waals surface area contributed by atoms with Crippen LogP contribution in [0.4, 0.5) is 32.4 Å².